The van der Waals surface area contributed by atoms with Crippen LogP contribution in [-0.4, -0.2) is 11.3 Å². The smallest absolute Gasteiger partial charge is 0.145 e. The summed E-state index contributed by atoms with van der Waals surface area (Å²) in [5, 5.41) is 10.2. The molecule has 0 amide bonds. The zero-order chi connectivity index (χ0) is 15.5. The molecule has 0 aliphatic carbocycles. The van der Waals surface area contributed by atoms with Crippen molar-refractivity contribution in [2.24, 2.45) is 4.99 Å². The number of furan rings is 1. The Morgan fingerprint density at radius 1 is 1.05 bits per heavy atom. The number of rotatable bonds is 3. The number of nitrogens with zero attached hydrogens (tertiary/aromatic N) is 1. The Morgan fingerprint density at radius 2 is 1.82 bits per heavy atom. The molecule has 110 valence electrons. The van der Waals surface area contributed by atoms with E-state index in [1.807, 2.05) is 0 Å². The fourth-order valence-electron chi connectivity index (χ4n) is 1.92. The summed E-state index contributed by atoms with van der Waals surface area (Å²) in [6.45, 7) is 0. The van der Waals surface area contributed by atoms with Gasteiger partial charge in [-0.2, -0.15) is 0 Å². The van der Waals surface area contributed by atoms with Crippen molar-refractivity contribution in [3.8, 4) is 17.1 Å². The first kappa shape index (κ1) is 14.4. The molecule has 0 atom stereocenters. The minimum atomic E-state index is -0.298. The van der Waals surface area contributed by atoms with Crippen molar-refractivity contribution in [1.29, 1.82) is 0 Å². The van der Waals surface area contributed by atoms with Crippen LogP contribution in [0.15, 0.2) is 64.0 Å². The van der Waals surface area contributed by atoms with E-state index >= 15 is 0 Å². The van der Waals surface area contributed by atoms with Crippen LogP contribution in [0.3, 0.4) is 0 Å². The maximum Gasteiger partial charge on any atom is 0.145 e. The van der Waals surface area contributed by atoms with Gasteiger partial charge >= 0.3 is 0 Å². The Labute approximate surface area is 131 Å². The van der Waals surface area contributed by atoms with Crippen LogP contribution in [-0.2, 0) is 0 Å². The van der Waals surface area contributed by atoms with E-state index in [1.54, 1.807) is 36.4 Å². The molecule has 0 saturated heterocycles. The molecule has 1 aromatic heterocycles. The van der Waals surface area contributed by atoms with Gasteiger partial charge in [0.05, 0.1) is 6.21 Å². The highest BCUT2D eigenvalue weighted by Gasteiger charge is 2.04. The largest absolute Gasteiger partial charge is 0.506 e. The molecule has 0 bridgehead atoms. The van der Waals surface area contributed by atoms with Crippen LogP contribution >= 0.6 is 11.6 Å². The van der Waals surface area contributed by atoms with Crippen LogP contribution in [0.2, 0.25) is 5.02 Å². The molecule has 1 heterocycles. The standard InChI is InChI=1S/C17H11ClFNO2/c18-12-3-7-16(21)15(9-12)20-10-14-6-8-17(22-14)11-1-4-13(19)5-2-11/h1-10,21H/b20-10+. The fourth-order valence-corrected chi connectivity index (χ4v) is 2.09. The van der Waals surface area contributed by atoms with Gasteiger partial charge in [-0.15, -0.1) is 0 Å². The molecule has 2 aromatic carbocycles. The molecule has 0 unspecified atom stereocenters. The number of benzene rings is 2. The van der Waals surface area contributed by atoms with Crippen molar-refractivity contribution >= 4 is 23.5 Å². The average molecular weight is 316 g/mol. The zero-order valence-corrected chi connectivity index (χ0v) is 12.1. The van der Waals surface area contributed by atoms with E-state index in [0.717, 1.165) is 5.56 Å². The Bertz CT molecular complexity index is 825. The van der Waals surface area contributed by atoms with Gasteiger partial charge in [0.15, 0.2) is 0 Å². The van der Waals surface area contributed by atoms with Gasteiger partial charge in [0.25, 0.3) is 0 Å². The molecule has 0 spiro atoms. The number of aromatic hydroxyl groups is 1. The Hall–Kier alpha value is -2.59. The van der Waals surface area contributed by atoms with Crippen molar-refractivity contribution in [2.75, 3.05) is 0 Å². The summed E-state index contributed by atoms with van der Waals surface area (Å²) in [5.41, 5.74) is 1.12. The third kappa shape index (κ3) is 3.18. The Morgan fingerprint density at radius 3 is 2.59 bits per heavy atom. The molecule has 3 nitrogen and oxygen atoms in total. The predicted octanol–water partition coefficient (Wildman–Crippen LogP) is 5.20. The van der Waals surface area contributed by atoms with Gasteiger partial charge in [0, 0.05) is 10.6 Å². The van der Waals surface area contributed by atoms with Crippen LogP contribution in [0.1, 0.15) is 5.76 Å². The summed E-state index contributed by atoms with van der Waals surface area (Å²) < 4.78 is 18.5. The first-order valence-corrected chi connectivity index (χ1v) is 6.88. The molecule has 3 rings (SSSR count). The lowest BCUT2D eigenvalue weighted by Crippen LogP contribution is -1.77. The Kier molecular flexibility index (Phi) is 3.94. The summed E-state index contributed by atoms with van der Waals surface area (Å²) in [6.07, 6.45) is 1.48. The highest BCUT2D eigenvalue weighted by molar-refractivity contribution is 6.30. The second-order valence-electron chi connectivity index (χ2n) is 4.60. The monoisotopic (exact) mass is 315 g/mol. The summed E-state index contributed by atoms with van der Waals surface area (Å²) in [6, 6.07) is 14.1. The number of aliphatic imine (C=N–C) groups is 1. The molecule has 0 fully saturated rings. The number of phenols is 1. The quantitative estimate of drug-likeness (QED) is 0.675. The maximum atomic E-state index is 12.9. The summed E-state index contributed by atoms with van der Waals surface area (Å²) in [7, 11) is 0. The first-order valence-electron chi connectivity index (χ1n) is 6.50. The van der Waals surface area contributed by atoms with Crippen LogP contribution in [0.25, 0.3) is 11.3 Å². The van der Waals surface area contributed by atoms with Gasteiger partial charge in [0.1, 0.15) is 28.8 Å². The van der Waals surface area contributed by atoms with E-state index in [-0.39, 0.29) is 11.6 Å². The van der Waals surface area contributed by atoms with Crippen LogP contribution in [0.5, 0.6) is 5.75 Å². The van der Waals surface area contributed by atoms with Gasteiger partial charge in [-0.3, -0.25) is 0 Å². The van der Waals surface area contributed by atoms with E-state index in [2.05, 4.69) is 4.99 Å². The summed E-state index contributed by atoms with van der Waals surface area (Å²) >= 11 is 5.86. The van der Waals surface area contributed by atoms with Crippen LogP contribution in [0, 0.1) is 5.82 Å². The lowest BCUT2D eigenvalue weighted by atomic mass is 10.2. The molecule has 0 radical (unpaired) electrons. The molecule has 1 N–H and O–H groups in total. The van der Waals surface area contributed by atoms with E-state index in [1.165, 1.54) is 24.4 Å². The molecule has 0 aliphatic heterocycles. The second kappa shape index (κ2) is 6.03. The average Bonchev–Trinajstić information content (AvgIpc) is 2.98. The van der Waals surface area contributed by atoms with Gasteiger partial charge in [-0.05, 0) is 54.6 Å². The Balaban J connectivity index is 1.83. The van der Waals surface area contributed by atoms with Crippen LogP contribution in [0.4, 0.5) is 10.1 Å². The van der Waals surface area contributed by atoms with E-state index in [4.69, 9.17) is 16.0 Å². The van der Waals surface area contributed by atoms with Crippen LogP contribution < -0.4 is 0 Å². The SMILES string of the molecule is Oc1ccc(Cl)cc1/N=C/c1ccc(-c2ccc(F)cc2)o1. The number of hydrogen-bond donors (Lipinski definition) is 1. The molecule has 3 aromatic rings. The normalized spacial score (nSPS) is 11.2. The lowest BCUT2D eigenvalue weighted by molar-refractivity contribution is 0.477. The molecule has 0 aliphatic rings. The molecular formula is C17H11ClFNO2. The topological polar surface area (TPSA) is 45.7 Å². The van der Waals surface area contributed by atoms with Crippen molar-refractivity contribution in [3.63, 3.8) is 0 Å². The highest BCUT2D eigenvalue weighted by atomic mass is 35.5. The maximum absolute atomic E-state index is 12.9. The van der Waals surface area contributed by atoms with Gasteiger partial charge in [-0.25, -0.2) is 9.38 Å². The van der Waals surface area contributed by atoms with Crippen molar-refractivity contribution < 1.29 is 13.9 Å². The fraction of sp³-hybridized carbons (Fsp3) is 0. The minimum absolute atomic E-state index is 0.0333. The van der Waals surface area contributed by atoms with E-state index < -0.39 is 0 Å². The molecular weight excluding hydrogens is 305 g/mol. The van der Waals surface area contributed by atoms with Gasteiger partial charge < -0.3 is 9.52 Å². The highest BCUT2D eigenvalue weighted by Crippen LogP contribution is 2.29. The second-order valence-corrected chi connectivity index (χ2v) is 5.04. The van der Waals surface area contributed by atoms with Crippen molar-refractivity contribution in [3.05, 3.63) is 71.2 Å². The third-order valence-electron chi connectivity index (χ3n) is 3.02. The van der Waals surface area contributed by atoms with E-state index in [9.17, 15) is 9.50 Å². The molecule has 0 saturated carbocycles. The number of halogens is 2. The molecule has 5 heteroatoms. The third-order valence-corrected chi connectivity index (χ3v) is 3.26. The summed E-state index contributed by atoms with van der Waals surface area (Å²) in [4.78, 5) is 4.14. The lowest BCUT2D eigenvalue weighted by Gasteiger charge is -1.98. The number of phenolic OH excluding ortho intramolecular Hbond substituents is 1. The van der Waals surface area contributed by atoms with E-state index in [0.29, 0.717) is 22.2 Å². The first-order chi connectivity index (χ1) is 10.6. The van der Waals surface area contributed by atoms with Crippen molar-refractivity contribution in [2.45, 2.75) is 0 Å². The van der Waals surface area contributed by atoms with Crippen molar-refractivity contribution in [1.82, 2.24) is 0 Å². The predicted molar refractivity (Wildman–Crippen MR) is 84.5 cm³/mol. The molecule has 22 heavy (non-hydrogen) atoms. The van der Waals surface area contributed by atoms with Gasteiger partial charge in [0.2, 0.25) is 0 Å². The zero-order valence-electron chi connectivity index (χ0n) is 11.3. The minimum Gasteiger partial charge on any atom is -0.506 e. The van der Waals surface area contributed by atoms with Gasteiger partial charge in [-0.1, -0.05) is 11.6 Å². The number of hydrogen-bond acceptors (Lipinski definition) is 3. The summed E-state index contributed by atoms with van der Waals surface area (Å²) in [5.74, 6) is 0.856.